The predicted octanol–water partition coefficient (Wildman–Crippen LogP) is 7.39. The second-order valence-electron chi connectivity index (χ2n) is 20.9. The molecule has 4 unspecified atom stereocenters. The zero-order valence-electron chi connectivity index (χ0n) is 41.1. The molecule has 0 aromatic heterocycles. The van der Waals surface area contributed by atoms with Crippen LogP contribution < -0.4 is 16.0 Å². The van der Waals surface area contributed by atoms with Gasteiger partial charge >= 0.3 is 0 Å². The molecule has 14 heteroatoms. The summed E-state index contributed by atoms with van der Waals surface area (Å²) in [7, 11) is 0. The highest BCUT2D eigenvalue weighted by molar-refractivity contribution is 6.06. The molecule has 13 nitrogen and oxygen atoms in total. The third-order valence-corrected chi connectivity index (χ3v) is 16.5. The van der Waals surface area contributed by atoms with E-state index in [1.54, 1.807) is 15.4 Å². The van der Waals surface area contributed by atoms with E-state index in [-0.39, 0.29) is 66.6 Å². The number of amides is 6. The molecule has 4 fully saturated rings. The Kier molecular flexibility index (Phi) is 16.1. The van der Waals surface area contributed by atoms with Gasteiger partial charge in [0.2, 0.25) is 23.6 Å². The molecule has 378 valence electrons. The van der Waals surface area contributed by atoms with Crippen molar-refractivity contribution < 1.29 is 33.6 Å². The highest BCUT2D eigenvalue weighted by Crippen LogP contribution is 2.37. The number of piperidine rings is 4. The molecule has 6 heterocycles. The normalized spacial score (nSPS) is 24.2. The first-order valence-corrected chi connectivity index (χ1v) is 26.2. The summed E-state index contributed by atoms with van der Waals surface area (Å²) < 4.78 is 0. The van der Waals surface area contributed by atoms with E-state index >= 15 is 0 Å². The van der Waals surface area contributed by atoms with Gasteiger partial charge in [0.05, 0.1) is 0 Å². The van der Waals surface area contributed by atoms with Crippen LogP contribution in [0, 0.1) is 0 Å². The molecule has 8 aliphatic rings. The van der Waals surface area contributed by atoms with Gasteiger partial charge in [0.15, 0.2) is 0 Å². The van der Waals surface area contributed by atoms with Gasteiger partial charge in [-0.25, -0.2) is 0 Å². The minimum atomic E-state index is -0.552. The van der Waals surface area contributed by atoms with Crippen molar-refractivity contribution in [3.8, 4) is 0 Å². The highest BCUT2D eigenvalue weighted by atomic mass is 35.5. The van der Waals surface area contributed by atoms with Crippen molar-refractivity contribution in [3.05, 3.63) is 141 Å². The molecule has 6 aliphatic heterocycles. The second kappa shape index (κ2) is 22.8. The SMILES string of the molecule is Cl.O=C1CCC(N2Cc3cc(C4CCN(CC5CCCc6ccccc65)CC4)ccc3C2=O)C(=O)N1.O=C1CCC(N2Cc3cc(C4CCNCC4)ccc3C2=O)C(=O)N1.O=CC1CCCc2ccccc21. The van der Waals surface area contributed by atoms with Crippen LogP contribution >= 0.6 is 12.4 Å². The first-order chi connectivity index (χ1) is 34.6. The average Bonchev–Trinajstić information content (AvgIpc) is 3.91. The van der Waals surface area contributed by atoms with E-state index in [4.69, 9.17) is 0 Å². The minimum Gasteiger partial charge on any atom is -0.322 e. The summed E-state index contributed by atoms with van der Waals surface area (Å²) in [6, 6.07) is 28.5. The Morgan fingerprint density at radius 1 is 0.528 bits per heavy atom. The quantitative estimate of drug-likeness (QED) is 0.127. The monoisotopic (exact) mass is 994 g/mol. The molecule has 4 aromatic rings. The number of nitrogens with zero attached hydrogens (tertiary/aromatic N) is 3. The Morgan fingerprint density at radius 3 is 1.57 bits per heavy atom. The van der Waals surface area contributed by atoms with Gasteiger partial charge in [-0.3, -0.25) is 39.4 Å². The first-order valence-electron chi connectivity index (χ1n) is 26.2. The largest absolute Gasteiger partial charge is 0.322 e. The van der Waals surface area contributed by atoms with E-state index in [1.165, 1.54) is 47.1 Å². The lowest BCUT2D eigenvalue weighted by atomic mass is 9.82. The molecule has 4 aromatic carbocycles. The van der Waals surface area contributed by atoms with Crippen molar-refractivity contribution >= 4 is 54.1 Å². The summed E-state index contributed by atoms with van der Waals surface area (Å²) in [4.78, 5) is 89.5. The Labute approximate surface area is 428 Å². The lowest BCUT2D eigenvalue weighted by molar-refractivity contribution is -0.138. The number of hydrogen-bond donors (Lipinski definition) is 3. The molecule has 4 atom stereocenters. The van der Waals surface area contributed by atoms with Crippen molar-refractivity contribution in [1.29, 1.82) is 0 Å². The molecule has 4 saturated heterocycles. The molecular weight excluding hydrogens is 928 g/mol. The van der Waals surface area contributed by atoms with Crippen molar-refractivity contribution in [2.45, 2.75) is 139 Å². The molecule has 2 aliphatic carbocycles. The number of carbonyl (C=O) groups excluding carboxylic acids is 7. The summed E-state index contributed by atoms with van der Waals surface area (Å²) in [5.41, 5.74) is 11.7. The number of likely N-dealkylation sites (tertiary alicyclic amines) is 1. The van der Waals surface area contributed by atoms with Crippen LogP contribution in [0.2, 0.25) is 0 Å². The Hall–Kier alpha value is -6.02. The number of fused-ring (bicyclic) bond motifs is 4. The lowest BCUT2D eigenvalue weighted by Gasteiger charge is -2.36. The van der Waals surface area contributed by atoms with Gasteiger partial charge in [0.25, 0.3) is 11.8 Å². The standard InChI is InChI=1S/C29H33N3O3.C18H21N3O3.C11H12O.ClH/c33-27-11-10-26(28(34)30-27)32-18-23-16-21(8-9-25(23)29(32)35)19-12-14-31(15-13-19)17-22-6-3-5-20-4-1-2-7-24(20)22;22-16-4-3-15(17(23)20-16)21-10-13-9-12(1-2-14(13)18(21)24)11-5-7-19-8-6-11;12-8-10-6-3-5-9-4-1-2-7-11(9)10;/h1-2,4,7-9,16,19,22,26H,3,5-6,10-15,17-18H2,(H,30,33,34);1-2,9,11,15,19H,3-8,10H2,(H,20,22,23);1-2,4,7-8,10H,3,5-6H2;1H. The van der Waals surface area contributed by atoms with Crippen LogP contribution in [0.3, 0.4) is 0 Å². The molecule has 0 bridgehead atoms. The van der Waals surface area contributed by atoms with Gasteiger partial charge in [-0.2, -0.15) is 0 Å². The molecule has 3 N–H and O–H groups in total. The number of aryl methyl sites for hydroxylation is 2. The van der Waals surface area contributed by atoms with Gasteiger partial charge < -0.3 is 24.8 Å². The van der Waals surface area contributed by atoms with Crippen LogP contribution in [-0.4, -0.2) is 101 Å². The van der Waals surface area contributed by atoms with Crippen molar-refractivity contribution in [1.82, 2.24) is 30.7 Å². The molecule has 0 saturated carbocycles. The minimum absolute atomic E-state index is 0. The predicted molar refractivity (Wildman–Crippen MR) is 276 cm³/mol. The molecule has 0 spiro atoms. The number of halogens is 1. The number of imide groups is 2. The third-order valence-electron chi connectivity index (χ3n) is 16.5. The number of benzene rings is 4. The van der Waals surface area contributed by atoms with E-state index in [1.807, 2.05) is 24.3 Å². The van der Waals surface area contributed by atoms with Crippen LogP contribution in [0.25, 0.3) is 0 Å². The van der Waals surface area contributed by atoms with Crippen LogP contribution in [0.4, 0.5) is 0 Å². The number of nitrogens with one attached hydrogen (secondary N) is 3. The summed E-state index contributed by atoms with van der Waals surface area (Å²) in [5.74, 6) is 0.453. The van der Waals surface area contributed by atoms with Gasteiger partial charge in [-0.05, 0) is 178 Å². The summed E-state index contributed by atoms with van der Waals surface area (Å²) in [6.45, 7) is 6.35. The number of aldehydes is 1. The Balaban J connectivity index is 0.000000149. The Morgan fingerprint density at radius 2 is 1.03 bits per heavy atom. The maximum absolute atomic E-state index is 13.0. The van der Waals surface area contributed by atoms with E-state index in [0.29, 0.717) is 54.8 Å². The van der Waals surface area contributed by atoms with E-state index < -0.39 is 12.1 Å². The van der Waals surface area contributed by atoms with Crippen LogP contribution in [0.15, 0.2) is 84.9 Å². The maximum Gasteiger partial charge on any atom is 0.255 e. The fourth-order valence-corrected chi connectivity index (χ4v) is 12.6. The first kappa shape index (κ1) is 50.9. The number of rotatable bonds is 7. The Bertz CT molecular complexity index is 2710. The smallest absolute Gasteiger partial charge is 0.255 e. The van der Waals surface area contributed by atoms with Crippen LogP contribution in [0.5, 0.6) is 0 Å². The summed E-state index contributed by atoms with van der Waals surface area (Å²) >= 11 is 0. The molecule has 12 rings (SSSR count). The highest BCUT2D eigenvalue weighted by Gasteiger charge is 2.41. The number of hydrogen-bond acceptors (Lipinski definition) is 9. The van der Waals surface area contributed by atoms with Gasteiger partial charge in [0, 0.05) is 49.5 Å². The van der Waals surface area contributed by atoms with Crippen molar-refractivity contribution in [3.63, 3.8) is 0 Å². The van der Waals surface area contributed by atoms with Crippen LogP contribution in [0.1, 0.15) is 166 Å². The van der Waals surface area contributed by atoms with Gasteiger partial charge in [0.1, 0.15) is 18.4 Å². The van der Waals surface area contributed by atoms with Gasteiger partial charge in [-0.15, -0.1) is 12.4 Å². The van der Waals surface area contributed by atoms with E-state index in [9.17, 15) is 33.6 Å². The van der Waals surface area contributed by atoms with Crippen molar-refractivity contribution in [2.75, 3.05) is 32.7 Å². The fourth-order valence-electron chi connectivity index (χ4n) is 12.6. The zero-order chi connectivity index (χ0) is 49.0. The van der Waals surface area contributed by atoms with Gasteiger partial charge in [-0.1, -0.05) is 72.8 Å². The molecule has 0 radical (unpaired) electrons. The maximum atomic E-state index is 13.0. The molecular formula is C58H67ClN6O7. The van der Waals surface area contributed by atoms with Crippen molar-refractivity contribution in [2.24, 2.45) is 0 Å². The second-order valence-corrected chi connectivity index (χ2v) is 20.9. The zero-order valence-corrected chi connectivity index (χ0v) is 41.9. The molecule has 6 amide bonds. The van der Waals surface area contributed by atoms with E-state index in [0.717, 1.165) is 95.1 Å². The fraction of sp³-hybridized carbons (Fsp3) is 0.466. The average molecular weight is 996 g/mol. The molecule has 72 heavy (non-hydrogen) atoms. The van der Waals surface area contributed by atoms with Crippen LogP contribution in [-0.2, 0) is 49.9 Å². The summed E-state index contributed by atoms with van der Waals surface area (Å²) in [5, 5.41) is 8.09. The third kappa shape index (κ3) is 11.0. The van der Waals surface area contributed by atoms with E-state index in [2.05, 4.69) is 81.5 Å². The lowest BCUT2D eigenvalue weighted by Crippen LogP contribution is -2.52. The summed E-state index contributed by atoms with van der Waals surface area (Å²) in [6.07, 6.45) is 14.1. The number of carbonyl (C=O) groups is 7. The topological polar surface area (TPSA) is 165 Å².